The number of nitrogens with one attached hydrogen (secondary N) is 1. The first-order valence-electron chi connectivity index (χ1n) is 8.87. The standard InChI is InChI=1S/C20H20N4O2S/c25-18(21-20-23-22-19(27-20)17-4-2-1-3-5-17)16-8-6-15(7-9-16)14-24-10-12-26-13-11-24/h1-9H,10-14H2,(H,21,23,25). The van der Waals surface area contributed by atoms with Crippen molar-refractivity contribution in [3.05, 3.63) is 65.7 Å². The summed E-state index contributed by atoms with van der Waals surface area (Å²) >= 11 is 1.36. The fourth-order valence-corrected chi connectivity index (χ4v) is 3.66. The summed E-state index contributed by atoms with van der Waals surface area (Å²) in [7, 11) is 0. The van der Waals surface area contributed by atoms with Crippen molar-refractivity contribution in [2.24, 2.45) is 0 Å². The number of nitrogens with zero attached hydrogens (tertiary/aromatic N) is 3. The summed E-state index contributed by atoms with van der Waals surface area (Å²) in [6, 6.07) is 17.5. The maximum absolute atomic E-state index is 12.5. The molecule has 2 heterocycles. The smallest absolute Gasteiger partial charge is 0.257 e. The molecule has 1 aliphatic heterocycles. The van der Waals surface area contributed by atoms with E-state index in [0.29, 0.717) is 10.7 Å². The molecule has 138 valence electrons. The molecule has 1 amide bonds. The second kappa shape index (κ2) is 8.39. The lowest BCUT2D eigenvalue weighted by Crippen LogP contribution is -2.35. The number of benzene rings is 2. The largest absolute Gasteiger partial charge is 0.379 e. The molecule has 0 unspecified atom stereocenters. The van der Waals surface area contributed by atoms with Gasteiger partial charge in [-0.3, -0.25) is 15.0 Å². The zero-order valence-electron chi connectivity index (χ0n) is 14.8. The van der Waals surface area contributed by atoms with Crippen molar-refractivity contribution >= 4 is 22.4 Å². The number of anilines is 1. The first kappa shape index (κ1) is 17.8. The third-order valence-corrected chi connectivity index (χ3v) is 5.28. The summed E-state index contributed by atoms with van der Waals surface area (Å²) in [5, 5.41) is 12.3. The SMILES string of the molecule is O=C(Nc1nnc(-c2ccccc2)s1)c1ccc(CN2CCOCC2)cc1. The van der Waals surface area contributed by atoms with Crippen LogP contribution in [0.1, 0.15) is 15.9 Å². The molecule has 7 heteroatoms. The monoisotopic (exact) mass is 380 g/mol. The van der Waals surface area contributed by atoms with E-state index in [1.165, 1.54) is 16.9 Å². The van der Waals surface area contributed by atoms with E-state index in [1.54, 1.807) is 0 Å². The van der Waals surface area contributed by atoms with Crippen molar-refractivity contribution in [3.63, 3.8) is 0 Å². The zero-order valence-corrected chi connectivity index (χ0v) is 15.6. The summed E-state index contributed by atoms with van der Waals surface area (Å²) in [4.78, 5) is 14.8. The maximum Gasteiger partial charge on any atom is 0.257 e. The highest BCUT2D eigenvalue weighted by Crippen LogP contribution is 2.26. The predicted molar refractivity (Wildman–Crippen MR) is 106 cm³/mol. The molecular weight excluding hydrogens is 360 g/mol. The highest BCUT2D eigenvalue weighted by molar-refractivity contribution is 7.18. The third-order valence-electron chi connectivity index (χ3n) is 4.39. The molecule has 0 saturated carbocycles. The van der Waals surface area contributed by atoms with Crippen molar-refractivity contribution < 1.29 is 9.53 Å². The minimum Gasteiger partial charge on any atom is -0.379 e. The summed E-state index contributed by atoms with van der Waals surface area (Å²) < 4.78 is 5.37. The Morgan fingerprint density at radius 3 is 2.52 bits per heavy atom. The van der Waals surface area contributed by atoms with E-state index in [4.69, 9.17) is 4.74 Å². The van der Waals surface area contributed by atoms with Crippen molar-refractivity contribution in [3.8, 4) is 10.6 Å². The Bertz CT molecular complexity index is 890. The number of amides is 1. The van der Waals surface area contributed by atoms with Crippen LogP contribution in [0.5, 0.6) is 0 Å². The number of carbonyl (C=O) groups is 1. The topological polar surface area (TPSA) is 67.4 Å². The Labute approximate surface area is 161 Å². The fourth-order valence-electron chi connectivity index (χ4n) is 2.92. The number of ether oxygens (including phenoxy) is 1. The molecule has 2 aromatic carbocycles. The zero-order chi connectivity index (χ0) is 18.5. The Hall–Kier alpha value is -2.61. The van der Waals surface area contributed by atoms with Gasteiger partial charge in [-0.2, -0.15) is 0 Å². The van der Waals surface area contributed by atoms with Gasteiger partial charge in [-0.15, -0.1) is 10.2 Å². The highest BCUT2D eigenvalue weighted by Gasteiger charge is 2.13. The predicted octanol–water partition coefficient (Wildman–Crippen LogP) is 3.29. The van der Waals surface area contributed by atoms with Crippen LogP contribution in [-0.4, -0.2) is 47.3 Å². The van der Waals surface area contributed by atoms with E-state index >= 15 is 0 Å². The molecule has 1 aromatic heterocycles. The van der Waals surface area contributed by atoms with E-state index in [2.05, 4.69) is 20.4 Å². The molecule has 1 N–H and O–H groups in total. The minimum atomic E-state index is -0.177. The average molecular weight is 380 g/mol. The average Bonchev–Trinajstić information content (AvgIpc) is 3.18. The fraction of sp³-hybridized carbons (Fsp3) is 0.250. The Kier molecular flexibility index (Phi) is 5.53. The molecular formula is C20H20N4O2S. The van der Waals surface area contributed by atoms with E-state index < -0.39 is 0 Å². The first-order chi connectivity index (χ1) is 13.3. The van der Waals surface area contributed by atoms with Gasteiger partial charge < -0.3 is 4.74 Å². The van der Waals surface area contributed by atoms with Crippen molar-refractivity contribution in [1.82, 2.24) is 15.1 Å². The van der Waals surface area contributed by atoms with Gasteiger partial charge in [-0.25, -0.2) is 0 Å². The molecule has 4 rings (SSSR count). The van der Waals surface area contributed by atoms with Crippen LogP contribution in [0.15, 0.2) is 54.6 Å². The quantitative estimate of drug-likeness (QED) is 0.736. The summed E-state index contributed by atoms with van der Waals surface area (Å²) in [6.07, 6.45) is 0. The van der Waals surface area contributed by atoms with Crippen molar-refractivity contribution in [2.75, 3.05) is 31.6 Å². The van der Waals surface area contributed by atoms with Gasteiger partial charge in [0.2, 0.25) is 5.13 Å². The Balaban J connectivity index is 1.37. The number of rotatable bonds is 5. The molecule has 0 bridgehead atoms. The van der Waals surface area contributed by atoms with E-state index in [1.807, 2.05) is 54.6 Å². The van der Waals surface area contributed by atoms with E-state index in [0.717, 1.165) is 43.4 Å². The number of hydrogen-bond donors (Lipinski definition) is 1. The van der Waals surface area contributed by atoms with Gasteiger partial charge in [-0.05, 0) is 17.7 Å². The van der Waals surface area contributed by atoms with Crippen molar-refractivity contribution in [2.45, 2.75) is 6.54 Å². The maximum atomic E-state index is 12.5. The van der Waals surface area contributed by atoms with E-state index in [9.17, 15) is 4.79 Å². The van der Waals surface area contributed by atoms with Crippen LogP contribution < -0.4 is 5.32 Å². The third kappa shape index (κ3) is 4.57. The van der Waals surface area contributed by atoms with Crippen LogP contribution >= 0.6 is 11.3 Å². The number of hydrogen-bond acceptors (Lipinski definition) is 6. The van der Waals surface area contributed by atoms with Crippen LogP contribution in [-0.2, 0) is 11.3 Å². The molecule has 0 atom stereocenters. The van der Waals surface area contributed by atoms with Crippen LogP contribution in [0.2, 0.25) is 0 Å². The number of aromatic nitrogens is 2. The molecule has 3 aromatic rings. The van der Waals surface area contributed by atoms with Crippen LogP contribution in [0.4, 0.5) is 5.13 Å². The second-order valence-electron chi connectivity index (χ2n) is 6.32. The lowest BCUT2D eigenvalue weighted by atomic mass is 10.1. The Morgan fingerprint density at radius 1 is 1.04 bits per heavy atom. The van der Waals surface area contributed by atoms with Gasteiger partial charge in [-0.1, -0.05) is 53.8 Å². The van der Waals surface area contributed by atoms with E-state index in [-0.39, 0.29) is 5.91 Å². The normalized spacial score (nSPS) is 14.8. The molecule has 27 heavy (non-hydrogen) atoms. The summed E-state index contributed by atoms with van der Waals surface area (Å²) in [6.45, 7) is 4.34. The molecule has 1 saturated heterocycles. The minimum absolute atomic E-state index is 0.177. The van der Waals surface area contributed by atoms with Crippen LogP contribution in [0, 0.1) is 0 Å². The second-order valence-corrected chi connectivity index (χ2v) is 7.30. The van der Waals surface area contributed by atoms with Crippen LogP contribution in [0.3, 0.4) is 0 Å². The number of carbonyl (C=O) groups excluding carboxylic acids is 1. The molecule has 0 radical (unpaired) electrons. The molecule has 6 nitrogen and oxygen atoms in total. The van der Waals surface area contributed by atoms with Gasteiger partial charge in [0.05, 0.1) is 13.2 Å². The van der Waals surface area contributed by atoms with Crippen LogP contribution in [0.25, 0.3) is 10.6 Å². The summed E-state index contributed by atoms with van der Waals surface area (Å²) in [5.41, 5.74) is 2.79. The molecule has 1 fully saturated rings. The number of morpholine rings is 1. The van der Waals surface area contributed by atoms with Gasteiger partial charge in [0, 0.05) is 30.8 Å². The first-order valence-corrected chi connectivity index (χ1v) is 9.69. The van der Waals surface area contributed by atoms with Crippen molar-refractivity contribution in [1.29, 1.82) is 0 Å². The lowest BCUT2D eigenvalue weighted by Gasteiger charge is -2.26. The molecule has 0 spiro atoms. The van der Waals surface area contributed by atoms with Gasteiger partial charge in [0.25, 0.3) is 5.91 Å². The lowest BCUT2D eigenvalue weighted by molar-refractivity contribution is 0.0342. The molecule has 0 aliphatic carbocycles. The Morgan fingerprint density at radius 2 is 1.78 bits per heavy atom. The highest BCUT2D eigenvalue weighted by atomic mass is 32.1. The van der Waals surface area contributed by atoms with Gasteiger partial charge >= 0.3 is 0 Å². The summed E-state index contributed by atoms with van der Waals surface area (Å²) in [5.74, 6) is -0.177. The van der Waals surface area contributed by atoms with Gasteiger partial charge in [0.1, 0.15) is 5.01 Å². The van der Waals surface area contributed by atoms with Gasteiger partial charge in [0.15, 0.2) is 0 Å². The molecule has 1 aliphatic rings.